The van der Waals surface area contributed by atoms with Gasteiger partial charge in [0, 0.05) is 31.2 Å². The molecule has 1 aromatic rings. The van der Waals surface area contributed by atoms with Gasteiger partial charge in [-0.15, -0.1) is 11.3 Å². The first-order valence-electron chi connectivity index (χ1n) is 6.80. The van der Waals surface area contributed by atoms with Gasteiger partial charge in [-0.25, -0.2) is 4.98 Å². The molecule has 2 heterocycles. The Morgan fingerprint density at radius 1 is 1.58 bits per heavy atom. The topological polar surface area (TPSA) is 60.8 Å². The number of likely N-dealkylation sites (tertiary alicyclic amines) is 1. The van der Waals surface area contributed by atoms with Gasteiger partial charge in [-0.05, 0) is 19.3 Å². The summed E-state index contributed by atoms with van der Waals surface area (Å²) in [6, 6.07) is 0. The maximum absolute atomic E-state index is 9.52. The Kier molecular flexibility index (Phi) is 5.15. The van der Waals surface area contributed by atoms with Crippen LogP contribution in [0.5, 0.6) is 0 Å². The number of nitrogens with zero attached hydrogens (tertiary/aromatic N) is 3. The Hall–Kier alpha value is -1.14. The normalized spacial score (nSPS) is 17.8. The van der Waals surface area contributed by atoms with Crippen LogP contribution in [0.25, 0.3) is 0 Å². The van der Waals surface area contributed by atoms with Gasteiger partial charge in [-0.2, -0.15) is 0 Å². The van der Waals surface area contributed by atoms with E-state index in [9.17, 15) is 5.11 Å². The van der Waals surface area contributed by atoms with Gasteiger partial charge >= 0.3 is 0 Å². The minimum Gasteiger partial charge on any atom is -0.393 e. The van der Waals surface area contributed by atoms with Crippen LogP contribution in [0.3, 0.4) is 0 Å². The third-order valence-electron chi connectivity index (χ3n) is 3.32. The number of thiazole rings is 1. The van der Waals surface area contributed by atoms with Gasteiger partial charge in [0.1, 0.15) is 5.01 Å². The summed E-state index contributed by atoms with van der Waals surface area (Å²) in [5.74, 6) is 0.903. The molecular formula is C13H22N4OS. The van der Waals surface area contributed by atoms with E-state index < -0.39 is 0 Å². The second kappa shape index (κ2) is 6.86. The Labute approximate surface area is 118 Å². The highest BCUT2D eigenvalue weighted by atomic mass is 32.1. The van der Waals surface area contributed by atoms with Gasteiger partial charge in [-0.3, -0.25) is 4.99 Å². The monoisotopic (exact) mass is 282 g/mol. The minimum atomic E-state index is -0.152. The zero-order valence-electron chi connectivity index (χ0n) is 11.6. The maximum atomic E-state index is 9.52. The van der Waals surface area contributed by atoms with Crippen molar-refractivity contribution < 1.29 is 5.11 Å². The smallest absolute Gasteiger partial charge is 0.193 e. The lowest BCUT2D eigenvalue weighted by Crippen LogP contribution is -2.46. The van der Waals surface area contributed by atoms with Crippen molar-refractivity contribution in [2.75, 3.05) is 20.1 Å². The molecule has 0 unspecified atom stereocenters. The van der Waals surface area contributed by atoms with Crippen molar-refractivity contribution in [1.29, 1.82) is 0 Å². The first kappa shape index (κ1) is 14.3. The average Bonchev–Trinajstić information content (AvgIpc) is 2.89. The van der Waals surface area contributed by atoms with Crippen molar-refractivity contribution in [3.63, 3.8) is 0 Å². The second-order valence-corrected chi connectivity index (χ2v) is 5.89. The second-order valence-electron chi connectivity index (χ2n) is 4.69. The summed E-state index contributed by atoms with van der Waals surface area (Å²) >= 11 is 1.75. The molecule has 0 saturated carbocycles. The Morgan fingerprint density at radius 2 is 2.32 bits per heavy atom. The van der Waals surface area contributed by atoms with Gasteiger partial charge in [0.05, 0.1) is 12.6 Å². The van der Waals surface area contributed by atoms with Crippen molar-refractivity contribution in [1.82, 2.24) is 15.2 Å². The molecule has 6 heteroatoms. The fourth-order valence-electron chi connectivity index (χ4n) is 2.16. The summed E-state index contributed by atoms with van der Waals surface area (Å²) < 4.78 is 0. The number of guanidine groups is 1. The summed E-state index contributed by atoms with van der Waals surface area (Å²) in [7, 11) is 1.80. The molecule has 0 radical (unpaired) electrons. The van der Waals surface area contributed by atoms with E-state index in [2.05, 4.69) is 27.1 Å². The molecule has 1 aliphatic rings. The summed E-state index contributed by atoms with van der Waals surface area (Å²) in [6.07, 6.45) is 4.47. The molecule has 2 N–H and O–H groups in total. The molecule has 5 nitrogen and oxygen atoms in total. The van der Waals surface area contributed by atoms with Gasteiger partial charge in [0.15, 0.2) is 5.96 Å². The zero-order valence-corrected chi connectivity index (χ0v) is 12.4. The highest BCUT2D eigenvalue weighted by Gasteiger charge is 2.19. The Balaban J connectivity index is 1.86. The zero-order chi connectivity index (χ0) is 13.7. The summed E-state index contributed by atoms with van der Waals surface area (Å²) in [5, 5.41) is 14.0. The van der Waals surface area contributed by atoms with Crippen LogP contribution in [-0.2, 0) is 13.0 Å². The summed E-state index contributed by atoms with van der Waals surface area (Å²) in [4.78, 5) is 12.2. The number of aryl methyl sites for hydroxylation is 1. The lowest BCUT2D eigenvalue weighted by Gasteiger charge is -2.32. The molecule has 0 spiro atoms. The number of rotatable bonds is 3. The highest BCUT2D eigenvalue weighted by molar-refractivity contribution is 7.11. The van der Waals surface area contributed by atoms with Crippen molar-refractivity contribution in [3.05, 3.63) is 16.1 Å². The quantitative estimate of drug-likeness (QED) is 0.647. The minimum absolute atomic E-state index is 0.152. The fraction of sp³-hybridized carbons (Fsp3) is 0.692. The van der Waals surface area contributed by atoms with Crippen LogP contribution in [0.15, 0.2) is 11.2 Å². The predicted molar refractivity (Wildman–Crippen MR) is 78.5 cm³/mol. The van der Waals surface area contributed by atoms with Gasteiger partial charge in [0.2, 0.25) is 0 Å². The van der Waals surface area contributed by atoms with E-state index in [-0.39, 0.29) is 6.10 Å². The lowest BCUT2D eigenvalue weighted by atomic mass is 10.1. The molecule has 1 aliphatic heterocycles. The molecule has 0 bridgehead atoms. The van der Waals surface area contributed by atoms with Crippen LogP contribution in [0.4, 0.5) is 0 Å². The van der Waals surface area contributed by atoms with Crippen LogP contribution < -0.4 is 5.32 Å². The fourth-order valence-corrected chi connectivity index (χ4v) is 2.96. The average molecular weight is 282 g/mol. The number of hydrogen-bond donors (Lipinski definition) is 2. The SMILES string of the molecule is CCc1cnc(CNC(=NC)N2CCC(O)CC2)s1. The number of piperidine rings is 1. The van der Waals surface area contributed by atoms with Gasteiger partial charge in [-0.1, -0.05) is 6.92 Å². The van der Waals surface area contributed by atoms with Crippen molar-refractivity contribution in [2.24, 2.45) is 4.99 Å². The van der Waals surface area contributed by atoms with E-state index in [1.165, 1.54) is 4.88 Å². The molecule has 1 fully saturated rings. The van der Waals surface area contributed by atoms with E-state index in [1.807, 2.05) is 6.20 Å². The molecule has 0 atom stereocenters. The molecule has 106 valence electrons. The van der Waals surface area contributed by atoms with Crippen LogP contribution in [0, 0.1) is 0 Å². The summed E-state index contributed by atoms with van der Waals surface area (Å²) in [5.41, 5.74) is 0. The highest BCUT2D eigenvalue weighted by Crippen LogP contribution is 2.14. The number of aliphatic hydroxyl groups is 1. The summed E-state index contributed by atoms with van der Waals surface area (Å²) in [6.45, 7) is 4.58. The molecule has 2 rings (SSSR count). The predicted octanol–water partition coefficient (Wildman–Crippen LogP) is 1.24. The molecule has 0 aromatic carbocycles. The maximum Gasteiger partial charge on any atom is 0.193 e. The van der Waals surface area contributed by atoms with Crippen LogP contribution in [0.1, 0.15) is 29.7 Å². The van der Waals surface area contributed by atoms with Crippen LogP contribution in [-0.4, -0.2) is 47.2 Å². The Morgan fingerprint density at radius 3 is 2.89 bits per heavy atom. The van der Waals surface area contributed by atoms with E-state index in [4.69, 9.17) is 0 Å². The third-order valence-corrected chi connectivity index (χ3v) is 4.47. The van der Waals surface area contributed by atoms with E-state index >= 15 is 0 Å². The molecular weight excluding hydrogens is 260 g/mol. The molecule has 1 aromatic heterocycles. The van der Waals surface area contributed by atoms with Crippen molar-refractivity contribution >= 4 is 17.3 Å². The number of aliphatic imine (C=N–C) groups is 1. The third kappa shape index (κ3) is 3.91. The molecule has 19 heavy (non-hydrogen) atoms. The largest absolute Gasteiger partial charge is 0.393 e. The molecule has 0 aliphatic carbocycles. The number of hydrogen-bond acceptors (Lipinski definition) is 4. The van der Waals surface area contributed by atoms with Crippen molar-refractivity contribution in [3.8, 4) is 0 Å². The first-order chi connectivity index (χ1) is 9.22. The lowest BCUT2D eigenvalue weighted by molar-refractivity contribution is 0.108. The standard InChI is InChI=1S/C13H22N4OS/c1-3-11-8-15-12(19-11)9-16-13(14-2)17-6-4-10(18)5-7-17/h8,10,18H,3-7,9H2,1-2H3,(H,14,16). The number of aromatic nitrogens is 1. The molecule has 0 amide bonds. The first-order valence-corrected chi connectivity index (χ1v) is 7.61. The number of nitrogens with one attached hydrogen (secondary N) is 1. The Bertz CT molecular complexity index is 424. The van der Waals surface area contributed by atoms with Crippen LogP contribution >= 0.6 is 11.3 Å². The van der Waals surface area contributed by atoms with Gasteiger partial charge in [0.25, 0.3) is 0 Å². The molecule has 1 saturated heterocycles. The van der Waals surface area contributed by atoms with E-state index in [0.717, 1.165) is 49.9 Å². The van der Waals surface area contributed by atoms with E-state index in [0.29, 0.717) is 0 Å². The van der Waals surface area contributed by atoms with Crippen molar-refractivity contribution in [2.45, 2.75) is 38.8 Å². The van der Waals surface area contributed by atoms with Crippen LogP contribution in [0.2, 0.25) is 0 Å². The van der Waals surface area contributed by atoms with Gasteiger partial charge < -0.3 is 15.3 Å². The number of aliphatic hydroxyl groups excluding tert-OH is 1. The van der Waals surface area contributed by atoms with E-state index in [1.54, 1.807) is 18.4 Å².